The maximum absolute atomic E-state index is 13.0. The lowest BCUT2D eigenvalue weighted by atomic mass is 10.1. The van der Waals surface area contributed by atoms with E-state index >= 15 is 0 Å². The summed E-state index contributed by atoms with van der Waals surface area (Å²) in [6, 6.07) is 14.2. The maximum atomic E-state index is 13.0. The van der Waals surface area contributed by atoms with E-state index in [9.17, 15) is 9.59 Å². The van der Waals surface area contributed by atoms with Gasteiger partial charge < -0.3 is 19.7 Å². The van der Waals surface area contributed by atoms with Gasteiger partial charge in [0.15, 0.2) is 18.1 Å². The first-order chi connectivity index (χ1) is 14.0. The molecule has 0 bridgehead atoms. The predicted octanol–water partition coefficient (Wildman–Crippen LogP) is 3.78. The Morgan fingerprint density at radius 3 is 2.38 bits per heavy atom. The summed E-state index contributed by atoms with van der Waals surface area (Å²) in [4.78, 5) is 27.0. The van der Waals surface area contributed by atoms with Crippen LogP contribution < -0.4 is 14.8 Å². The van der Waals surface area contributed by atoms with Crippen LogP contribution in [-0.4, -0.2) is 43.0 Å². The molecule has 0 saturated carbocycles. The molecular weight excluding hydrogens is 436 g/mol. The van der Waals surface area contributed by atoms with E-state index in [-0.39, 0.29) is 18.4 Å². The van der Waals surface area contributed by atoms with Crippen molar-refractivity contribution in [3.05, 3.63) is 58.6 Å². The summed E-state index contributed by atoms with van der Waals surface area (Å²) in [5, 5.41) is 2.85. The van der Waals surface area contributed by atoms with Gasteiger partial charge in [-0.2, -0.15) is 0 Å². The van der Waals surface area contributed by atoms with Gasteiger partial charge in [-0.25, -0.2) is 0 Å². The van der Waals surface area contributed by atoms with Crippen molar-refractivity contribution in [3.63, 3.8) is 0 Å². The number of amides is 2. The number of carbonyl (C=O) groups is 2. The average molecular weight is 463 g/mol. The third kappa shape index (κ3) is 6.78. The summed E-state index contributed by atoms with van der Waals surface area (Å²) >= 11 is 3.41. The topological polar surface area (TPSA) is 67.9 Å². The number of hydrogen-bond acceptors (Lipinski definition) is 4. The van der Waals surface area contributed by atoms with Gasteiger partial charge in [0.1, 0.15) is 6.04 Å². The van der Waals surface area contributed by atoms with E-state index < -0.39 is 6.04 Å². The molecule has 0 spiro atoms. The van der Waals surface area contributed by atoms with Crippen molar-refractivity contribution in [1.82, 2.24) is 10.2 Å². The highest BCUT2D eigenvalue weighted by atomic mass is 79.9. The minimum absolute atomic E-state index is 0.186. The summed E-state index contributed by atoms with van der Waals surface area (Å²) in [7, 11) is 1.55. The average Bonchev–Trinajstić information content (AvgIpc) is 2.75. The molecule has 0 heterocycles. The van der Waals surface area contributed by atoms with Crippen LogP contribution in [0.5, 0.6) is 11.5 Å². The van der Waals surface area contributed by atoms with E-state index in [1.54, 1.807) is 26.2 Å². The number of nitrogens with one attached hydrogen (secondary N) is 1. The van der Waals surface area contributed by atoms with E-state index in [2.05, 4.69) is 21.2 Å². The first kappa shape index (κ1) is 22.7. The third-order valence-corrected chi connectivity index (χ3v) is 4.93. The second-order valence-corrected chi connectivity index (χ2v) is 7.47. The number of hydrogen-bond donors (Lipinski definition) is 1. The summed E-state index contributed by atoms with van der Waals surface area (Å²) in [6.07, 6.45) is 0.829. The van der Waals surface area contributed by atoms with Crippen molar-refractivity contribution >= 4 is 27.7 Å². The van der Waals surface area contributed by atoms with Crippen LogP contribution >= 0.6 is 15.9 Å². The predicted molar refractivity (Wildman–Crippen MR) is 116 cm³/mol. The minimum atomic E-state index is -0.626. The van der Waals surface area contributed by atoms with Crippen molar-refractivity contribution in [2.75, 3.05) is 20.3 Å². The van der Waals surface area contributed by atoms with Gasteiger partial charge in [0, 0.05) is 17.6 Å². The number of para-hydroxylation sites is 2. The Kier molecular flexibility index (Phi) is 8.99. The fourth-order valence-electron chi connectivity index (χ4n) is 2.73. The van der Waals surface area contributed by atoms with Crippen LogP contribution in [0.1, 0.15) is 25.8 Å². The molecule has 2 aromatic carbocycles. The number of ether oxygens (including phenoxy) is 2. The molecule has 0 radical (unpaired) electrons. The highest BCUT2D eigenvalue weighted by molar-refractivity contribution is 9.10. The van der Waals surface area contributed by atoms with Gasteiger partial charge >= 0.3 is 0 Å². The second kappa shape index (κ2) is 11.5. The van der Waals surface area contributed by atoms with Gasteiger partial charge in [-0.3, -0.25) is 9.59 Å². The van der Waals surface area contributed by atoms with Crippen LogP contribution in [0.25, 0.3) is 0 Å². The van der Waals surface area contributed by atoms with Crippen molar-refractivity contribution in [1.29, 1.82) is 0 Å². The van der Waals surface area contributed by atoms with E-state index in [1.165, 1.54) is 4.90 Å². The number of rotatable bonds is 10. The first-order valence-electron chi connectivity index (χ1n) is 9.53. The highest BCUT2D eigenvalue weighted by Gasteiger charge is 2.26. The standard InChI is InChI=1S/C22H27BrN2O4/c1-4-13-24-22(27)16(2)25(14-17-9-11-18(23)12-10-17)21(26)15-29-20-8-6-5-7-19(20)28-3/h5-12,16H,4,13-15H2,1-3H3,(H,24,27)/t16-/m0/s1. The van der Waals surface area contributed by atoms with Crippen LogP contribution in [0.15, 0.2) is 53.0 Å². The number of nitrogens with zero attached hydrogens (tertiary/aromatic N) is 1. The van der Waals surface area contributed by atoms with Crippen molar-refractivity contribution in [2.45, 2.75) is 32.9 Å². The number of halogens is 1. The summed E-state index contributed by atoms with van der Waals surface area (Å²) in [5.74, 6) is 0.566. The third-order valence-electron chi connectivity index (χ3n) is 4.40. The summed E-state index contributed by atoms with van der Waals surface area (Å²) < 4.78 is 11.9. The molecule has 1 atom stereocenters. The molecule has 2 aromatic rings. The van der Waals surface area contributed by atoms with Crippen LogP contribution in [0, 0.1) is 0 Å². The van der Waals surface area contributed by atoms with Gasteiger partial charge in [0.2, 0.25) is 5.91 Å². The van der Waals surface area contributed by atoms with E-state index in [1.807, 2.05) is 43.3 Å². The zero-order valence-electron chi connectivity index (χ0n) is 17.0. The first-order valence-corrected chi connectivity index (χ1v) is 10.3. The monoisotopic (exact) mass is 462 g/mol. The zero-order valence-corrected chi connectivity index (χ0v) is 18.6. The Bertz CT molecular complexity index is 811. The number of benzene rings is 2. The molecular formula is C22H27BrN2O4. The lowest BCUT2D eigenvalue weighted by molar-refractivity contribution is -0.142. The Morgan fingerprint density at radius 2 is 1.76 bits per heavy atom. The molecule has 2 amide bonds. The van der Waals surface area contributed by atoms with Crippen LogP contribution in [-0.2, 0) is 16.1 Å². The number of methoxy groups -OCH3 is 1. The Balaban J connectivity index is 2.14. The van der Waals surface area contributed by atoms with Crippen molar-refractivity contribution < 1.29 is 19.1 Å². The second-order valence-electron chi connectivity index (χ2n) is 6.55. The van der Waals surface area contributed by atoms with Crippen molar-refractivity contribution in [3.8, 4) is 11.5 Å². The lowest BCUT2D eigenvalue weighted by Gasteiger charge is -2.28. The van der Waals surface area contributed by atoms with Crippen LogP contribution in [0.2, 0.25) is 0 Å². The molecule has 0 aliphatic rings. The minimum Gasteiger partial charge on any atom is -0.493 e. The molecule has 6 nitrogen and oxygen atoms in total. The molecule has 0 saturated heterocycles. The molecule has 2 rings (SSSR count). The Hall–Kier alpha value is -2.54. The van der Waals surface area contributed by atoms with Gasteiger partial charge in [0.25, 0.3) is 5.91 Å². The molecule has 7 heteroatoms. The van der Waals surface area contributed by atoms with Gasteiger partial charge in [0.05, 0.1) is 7.11 Å². The lowest BCUT2D eigenvalue weighted by Crippen LogP contribution is -2.49. The smallest absolute Gasteiger partial charge is 0.261 e. The van der Waals surface area contributed by atoms with Gasteiger partial charge in [-0.1, -0.05) is 47.1 Å². The van der Waals surface area contributed by atoms with Crippen LogP contribution in [0.3, 0.4) is 0 Å². The Morgan fingerprint density at radius 1 is 1.10 bits per heavy atom. The molecule has 0 aliphatic heterocycles. The molecule has 0 aliphatic carbocycles. The molecule has 0 fully saturated rings. The Labute approximate surface area is 180 Å². The van der Waals surface area contributed by atoms with Gasteiger partial charge in [-0.15, -0.1) is 0 Å². The fourth-order valence-corrected chi connectivity index (χ4v) is 2.99. The highest BCUT2D eigenvalue weighted by Crippen LogP contribution is 2.26. The zero-order chi connectivity index (χ0) is 21.2. The largest absolute Gasteiger partial charge is 0.493 e. The molecule has 1 N–H and O–H groups in total. The number of carbonyl (C=O) groups excluding carboxylic acids is 2. The molecule has 0 unspecified atom stereocenters. The SMILES string of the molecule is CCCNC(=O)[C@H](C)N(Cc1ccc(Br)cc1)C(=O)COc1ccccc1OC. The summed E-state index contributed by atoms with van der Waals surface area (Å²) in [6.45, 7) is 4.40. The van der Waals surface area contributed by atoms with E-state index in [0.29, 0.717) is 24.6 Å². The molecule has 156 valence electrons. The van der Waals surface area contributed by atoms with Gasteiger partial charge in [-0.05, 0) is 43.2 Å². The molecule has 29 heavy (non-hydrogen) atoms. The quantitative estimate of drug-likeness (QED) is 0.583. The molecule has 0 aromatic heterocycles. The van der Waals surface area contributed by atoms with Crippen LogP contribution in [0.4, 0.5) is 0 Å². The van der Waals surface area contributed by atoms with Crippen molar-refractivity contribution in [2.24, 2.45) is 0 Å². The normalized spacial score (nSPS) is 11.4. The van der Waals surface area contributed by atoms with E-state index in [0.717, 1.165) is 16.5 Å². The summed E-state index contributed by atoms with van der Waals surface area (Å²) in [5.41, 5.74) is 0.925. The van der Waals surface area contributed by atoms with E-state index in [4.69, 9.17) is 9.47 Å². The maximum Gasteiger partial charge on any atom is 0.261 e. The fraction of sp³-hybridized carbons (Fsp3) is 0.364.